The Morgan fingerprint density at radius 1 is 1.33 bits per heavy atom. The van der Waals surface area contributed by atoms with E-state index in [1.54, 1.807) is 0 Å². The molecule has 3 fully saturated rings. The molecule has 0 spiro atoms. The first kappa shape index (κ1) is 12.6. The SMILES string of the molecule is C=C1CC[C@H]2O[C@]2(C)CC[C@@H]2[C@@H]([C@H]1OO)C2(C)C. The zero-order valence-corrected chi connectivity index (χ0v) is 11.6. The van der Waals surface area contributed by atoms with Gasteiger partial charge < -0.3 is 4.74 Å². The van der Waals surface area contributed by atoms with Crippen LogP contribution < -0.4 is 0 Å². The number of rotatable bonds is 1. The fourth-order valence-corrected chi connectivity index (χ4v) is 4.11. The Labute approximate surface area is 109 Å². The lowest BCUT2D eigenvalue weighted by molar-refractivity contribution is -0.276. The highest BCUT2D eigenvalue weighted by atomic mass is 17.1. The molecule has 5 atom stereocenters. The van der Waals surface area contributed by atoms with Gasteiger partial charge in [0.2, 0.25) is 0 Å². The predicted molar refractivity (Wildman–Crippen MR) is 69.1 cm³/mol. The largest absolute Gasteiger partial charge is 0.366 e. The molecule has 0 unspecified atom stereocenters. The van der Waals surface area contributed by atoms with Crippen LogP contribution in [0.5, 0.6) is 0 Å². The molecule has 3 nitrogen and oxygen atoms in total. The lowest BCUT2D eigenvalue weighted by Gasteiger charge is -2.18. The van der Waals surface area contributed by atoms with E-state index in [0.29, 0.717) is 17.9 Å². The molecule has 0 aromatic heterocycles. The summed E-state index contributed by atoms with van der Waals surface area (Å²) in [5.41, 5.74) is 1.38. The van der Waals surface area contributed by atoms with Crippen molar-refractivity contribution in [1.82, 2.24) is 0 Å². The van der Waals surface area contributed by atoms with Gasteiger partial charge in [-0.25, -0.2) is 4.89 Å². The summed E-state index contributed by atoms with van der Waals surface area (Å²) < 4.78 is 5.84. The van der Waals surface area contributed by atoms with Crippen molar-refractivity contribution in [1.29, 1.82) is 0 Å². The standard InChI is InChI=1S/C15H24O3/c1-9-5-6-11-15(4,17-11)8-7-10-12(13(9)18-16)14(10,2)3/h10-13,16H,1,5-8H2,2-4H3/t10-,11-,12+,13+,15-/m1/s1. The second-order valence-electron chi connectivity index (χ2n) is 7.13. The maximum atomic E-state index is 9.20. The average Bonchev–Trinajstić information content (AvgIpc) is 3.11. The molecule has 2 saturated carbocycles. The van der Waals surface area contributed by atoms with Crippen LogP contribution in [0.1, 0.15) is 46.5 Å². The van der Waals surface area contributed by atoms with Crippen molar-refractivity contribution in [3.05, 3.63) is 12.2 Å². The van der Waals surface area contributed by atoms with Crippen LogP contribution in [-0.2, 0) is 9.62 Å². The monoisotopic (exact) mass is 252 g/mol. The minimum atomic E-state index is -0.187. The Kier molecular flexibility index (Phi) is 2.68. The van der Waals surface area contributed by atoms with Crippen molar-refractivity contribution in [2.24, 2.45) is 17.3 Å². The van der Waals surface area contributed by atoms with Gasteiger partial charge in [0, 0.05) is 5.92 Å². The summed E-state index contributed by atoms with van der Waals surface area (Å²) >= 11 is 0. The van der Waals surface area contributed by atoms with Crippen LogP contribution in [0.2, 0.25) is 0 Å². The first-order chi connectivity index (χ1) is 8.40. The Hall–Kier alpha value is -0.380. The number of epoxide rings is 1. The van der Waals surface area contributed by atoms with Crippen LogP contribution in [0.15, 0.2) is 12.2 Å². The van der Waals surface area contributed by atoms with E-state index in [2.05, 4.69) is 27.4 Å². The molecule has 3 aliphatic rings. The van der Waals surface area contributed by atoms with E-state index in [1.165, 1.54) is 0 Å². The van der Waals surface area contributed by atoms with E-state index >= 15 is 0 Å². The second-order valence-corrected chi connectivity index (χ2v) is 7.13. The zero-order valence-electron chi connectivity index (χ0n) is 11.6. The lowest BCUT2D eigenvalue weighted by Crippen LogP contribution is -2.21. The van der Waals surface area contributed by atoms with E-state index in [1.807, 2.05) is 0 Å². The maximum Gasteiger partial charge on any atom is 0.117 e. The van der Waals surface area contributed by atoms with E-state index in [4.69, 9.17) is 9.62 Å². The summed E-state index contributed by atoms with van der Waals surface area (Å²) in [6, 6.07) is 0. The molecule has 0 aromatic carbocycles. The number of fused-ring (bicyclic) bond motifs is 2. The van der Waals surface area contributed by atoms with Gasteiger partial charge in [-0.15, -0.1) is 0 Å². The van der Waals surface area contributed by atoms with Crippen molar-refractivity contribution in [3.8, 4) is 0 Å². The fraction of sp³-hybridized carbons (Fsp3) is 0.867. The van der Waals surface area contributed by atoms with E-state index in [0.717, 1.165) is 31.3 Å². The van der Waals surface area contributed by atoms with Crippen LogP contribution in [0, 0.1) is 17.3 Å². The van der Waals surface area contributed by atoms with Gasteiger partial charge in [-0.1, -0.05) is 20.4 Å². The highest BCUT2D eigenvalue weighted by Crippen LogP contribution is 2.65. The van der Waals surface area contributed by atoms with Gasteiger partial charge in [-0.05, 0) is 49.5 Å². The summed E-state index contributed by atoms with van der Waals surface area (Å²) in [6.45, 7) is 10.9. The summed E-state index contributed by atoms with van der Waals surface area (Å²) in [5, 5.41) is 9.20. The van der Waals surface area contributed by atoms with E-state index in [9.17, 15) is 5.26 Å². The molecule has 3 rings (SSSR count). The van der Waals surface area contributed by atoms with Crippen molar-refractivity contribution in [2.75, 3.05) is 0 Å². The highest BCUT2D eigenvalue weighted by Gasteiger charge is 2.63. The lowest BCUT2D eigenvalue weighted by atomic mass is 9.91. The first-order valence-electron chi connectivity index (χ1n) is 7.06. The van der Waals surface area contributed by atoms with Crippen molar-refractivity contribution in [3.63, 3.8) is 0 Å². The van der Waals surface area contributed by atoms with E-state index < -0.39 is 0 Å². The second kappa shape index (κ2) is 3.81. The van der Waals surface area contributed by atoms with Crippen LogP contribution in [-0.4, -0.2) is 23.1 Å². The molecular weight excluding hydrogens is 228 g/mol. The Morgan fingerprint density at radius 3 is 2.72 bits per heavy atom. The third kappa shape index (κ3) is 1.75. The minimum Gasteiger partial charge on any atom is -0.366 e. The van der Waals surface area contributed by atoms with Crippen LogP contribution >= 0.6 is 0 Å². The first-order valence-corrected chi connectivity index (χ1v) is 7.06. The van der Waals surface area contributed by atoms with Crippen LogP contribution in [0.25, 0.3) is 0 Å². The quantitative estimate of drug-likeness (QED) is 0.336. The Balaban J connectivity index is 1.80. The highest BCUT2D eigenvalue weighted by molar-refractivity contribution is 5.19. The molecule has 102 valence electrons. The van der Waals surface area contributed by atoms with Gasteiger partial charge in [-0.2, -0.15) is 0 Å². The number of ether oxygens (including phenoxy) is 1. The van der Waals surface area contributed by atoms with Crippen LogP contribution in [0.4, 0.5) is 0 Å². The molecule has 0 bridgehead atoms. The van der Waals surface area contributed by atoms with Gasteiger partial charge in [0.05, 0.1) is 11.7 Å². The topological polar surface area (TPSA) is 42.0 Å². The minimum absolute atomic E-state index is 0.108. The van der Waals surface area contributed by atoms with Crippen molar-refractivity contribution >= 4 is 0 Å². The molecule has 1 N–H and O–H groups in total. The fourth-order valence-electron chi connectivity index (χ4n) is 4.11. The molecular formula is C15H24O3. The summed E-state index contributed by atoms with van der Waals surface area (Å²) in [5.74, 6) is 1.03. The Bertz CT molecular complexity index is 376. The van der Waals surface area contributed by atoms with Gasteiger partial charge >= 0.3 is 0 Å². The molecule has 3 heteroatoms. The molecule has 1 heterocycles. The van der Waals surface area contributed by atoms with Gasteiger partial charge in [0.25, 0.3) is 0 Å². The molecule has 2 aliphatic carbocycles. The molecule has 1 saturated heterocycles. The Morgan fingerprint density at radius 2 is 2.06 bits per heavy atom. The van der Waals surface area contributed by atoms with Gasteiger partial charge in [0.1, 0.15) is 6.10 Å². The average molecular weight is 252 g/mol. The smallest absolute Gasteiger partial charge is 0.117 e. The molecule has 0 radical (unpaired) electrons. The summed E-state index contributed by atoms with van der Waals surface area (Å²) in [7, 11) is 0. The molecule has 0 amide bonds. The summed E-state index contributed by atoms with van der Waals surface area (Å²) in [4.78, 5) is 4.76. The maximum absolute atomic E-state index is 9.20. The van der Waals surface area contributed by atoms with Gasteiger partial charge in [0.15, 0.2) is 0 Å². The molecule has 18 heavy (non-hydrogen) atoms. The van der Waals surface area contributed by atoms with Crippen molar-refractivity contribution in [2.45, 2.75) is 64.3 Å². The predicted octanol–water partition coefficient (Wildman–Crippen LogP) is 3.40. The number of hydrogen-bond acceptors (Lipinski definition) is 3. The van der Waals surface area contributed by atoms with Crippen LogP contribution in [0.3, 0.4) is 0 Å². The zero-order chi connectivity index (χ0) is 13.1. The molecule has 0 aromatic rings. The van der Waals surface area contributed by atoms with Gasteiger partial charge in [-0.3, -0.25) is 5.26 Å². The third-order valence-corrected chi connectivity index (χ3v) is 5.70. The van der Waals surface area contributed by atoms with E-state index in [-0.39, 0.29) is 17.1 Å². The number of hydrogen-bond donors (Lipinski definition) is 1. The summed E-state index contributed by atoms with van der Waals surface area (Å²) in [6.07, 6.45) is 4.39. The molecule has 1 aliphatic heterocycles. The normalized spacial score (nSPS) is 50.1. The third-order valence-electron chi connectivity index (χ3n) is 5.70. The van der Waals surface area contributed by atoms with Crippen molar-refractivity contribution < 1.29 is 14.9 Å².